The number of methoxy groups -OCH3 is 1. The number of carbonyl (C=O) groups is 2. The molecular formula is C27H30N2O3. The number of hydrogen-bond donors (Lipinski definition) is 1. The Hall–Kier alpha value is -3.34. The van der Waals surface area contributed by atoms with Gasteiger partial charge in [-0.15, -0.1) is 0 Å². The highest BCUT2D eigenvalue weighted by atomic mass is 16.5. The van der Waals surface area contributed by atoms with Crippen molar-refractivity contribution in [2.75, 3.05) is 20.2 Å². The SMILES string of the molecule is CCCCNC(=O)C1c2ccc(OC)cc2C(=O)N1CC(C)c1cccc2ccccc12. The molecule has 166 valence electrons. The zero-order chi connectivity index (χ0) is 22.7. The quantitative estimate of drug-likeness (QED) is 0.508. The molecule has 3 aromatic carbocycles. The lowest BCUT2D eigenvalue weighted by atomic mass is 9.94. The number of fused-ring (bicyclic) bond motifs is 2. The molecule has 1 aliphatic heterocycles. The summed E-state index contributed by atoms with van der Waals surface area (Å²) in [6.45, 7) is 5.27. The number of ether oxygens (including phenoxy) is 1. The Kier molecular flexibility index (Phi) is 6.45. The zero-order valence-electron chi connectivity index (χ0n) is 18.9. The van der Waals surface area contributed by atoms with Crippen LogP contribution < -0.4 is 10.1 Å². The molecule has 0 aliphatic carbocycles. The van der Waals surface area contributed by atoms with E-state index in [0.717, 1.165) is 18.4 Å². The van der Waals surface area contributed by atoms with E-state index in [-0.39, 0.29) is 17.7 Å². The summed E-state index contributed by atoms with van der Waals surface area (Å²) in [5.41, 5.74) is 2.47. The van der Waals surface area contributed by atoms with Crippen LogP contribution in [0.3, 0.4) is 0 Å². The van der Waals surface area contributed by atoms with Crippen LogP contribution in [0.2, 0.25) is 0 Å². The normalized spacial score (nSPS) is 16.2. The average molecular weight is 431 g/mol. The highest BCUT2D eigenvalue weighted by molar-refractivity contribution is 6.05. The Balaban J connectivity index is 1.67. The van der Waals surface area contributed by atoms with Crippen LogP contribution in [0.25, 0.3) is 10.8 Å². The Morgan fingerprint density at radius 3 is 2.69 bits per heavy atom. The van der Waals surface area contributed by atoms with Gasteiger partial charge in [-0.25, -0.2) is 0 Å². The van der Waals surface area contributed by atoms with Gasteiger partial charge in [-0.05, 0) is 46.4 Å². The third kappa shape index (κ3) is 4.07. The molecule has 4 rings (SSSR count). The van der Waals surface area contributed by atoms with Gasteiger partial charge in [0.25, 0.3) is 5.91 Å². The summed E-state index contributed by atoms with van der Waals surface area (Å²) < 4.78 is 5.33. The zero-order valence-corrected chi connectivity index (χ0v) is 18.9. The minimum atomic E-state index is -0.627. The van der Waals surface area contributed by atoms with Crippen LogP contribution in [-0.2, 0) is 4.79 Å². The molecule has 2 unspecified atom stereocenters. The highest BCUT2D eigenvalue weighted by Gasteiger charge is 2.41. The molecule has 0 radical (unpaired) electrons. The summed E-state index contributed by atoms with van der Waals surface area (Å²) in [5.74, 6) is 0.431. The third-order valence-corrected chi connectivity index (χ3v) is 6.26. The molecular weight excluding hydrogens is 400 g/mol. The first kappa shape index (κ1) is 21.9. The molecule has 0 bridgehead atoms. The van der Waals surface area contributed by atoms with Crippen LogP contribution in [0.1, 0.15) is 60.1 Å². The average Bonchev–Trinajstić information content (AvgIpc) is 3.09. The highest BCUT2D eigenvalue weighted by Crippen LogP contribution is 2.38. The van der Waals surface area contributed by atoms with Crippen molar-refractivity contribution in [3.05, 3.63) is 77.4 Å². The Labute approximate surface area is 189 Å². The minimum Gasteiger partial charge on any atom is -0.497 e. The summed E-state index contributed by atoms with van der Waals surface area (Å²) in [6, 6.07) is 19.3. The van der Waals surface area contributed by atoms with Crippen molar-refractivity contribution in [1.82, 2.24) is 10.2 Å². The lowest BCUT2D eigenvalue weighted by molar-refractivity contribution is -0.125. The van der Waals surface area contributed by atoms with E-state index >= 15 is 0 Å². The number of nitrogens with one attached hydrogen (secondary N) is 1. The predicted molar refractivity (Wildman–Crippen MR) is 127 cm³/mol. The van der Waals surface area contributed by atoms with Crippen LogP contribution in [0.5, 0.6) is 5.75 Å². The van der Waals surface area contributed by atoms with Crippen LogP contribution in [0.15, 0.2) is 60.7 Å². The Bertz CT molecular complexity index is 1140. The number of benzene rings is 3. The van der Waals surface area contributed by atoms with Crippen LogP contribution in [0.4, 0.5) is 0 Å². The first-order valence-corrected chi connectivity index (χ1v) is 11.3. The van der Waals surface area contributed by atoms with Crippen molar-refractivity contribution in [1.29, 1.82) is 0 Å². The summed E-state index contributed by atoms with van der Waals surface area (Å²) in [6.07, 6.45) is 1.91. The van der Waals surface area contributed by atoms with Gasteiger partial charge in [0, 0.05) is 18.7 Å². The second-order valence-corrected chi connectivity index (χ2v) is 8.43. The fraction of sp³-hybridized carbons (Fsp3) is 0.333. The van der Waals surface area contributed by atoms with Crippen molar-refractivity contribution >= 4 is 22.6 Å². The number of nitrogens with zero attached hydrogens (tertiary/aromatic N) is 1. The molecule has 3 aromatic rings. The number of carbonyl (C=O) groups excluding carboxylic acids is 2. The Morgan fingerprint density at radius 1 is 1.12 bits per heavy atom. The Morgan fingerprint density at radius 2 is 1.91 bits per heavy atom. The van der Waals surface area contributed by atoms with E-state index in [0.29, 0.717) is 24.4 Å². The van der Waals surface area contributed by atoms with Crippen LogP contribution in [0, 0.1) is 0 Å². The topological polar surface area (TPSA) is 58.6 Å². The molecule has 0 saturated carbocycles. The van der Waals surface area contributed by atoms with Crippen molar-refractivity contribution < 1.29 is 14.3 Å². The first-order valence-electron chi connectivity index (χ1n) is 11.3. The van der Waals surface area contributed by atoms with Crippen molar-refractivity contribution in [3.63, 3.8) is 0 Å². The summed E-state index contributed by atoms with van der Waals surface area (Å²) in [4.78, 5) is 28.3. The van der Waals surface area contributed by atoms with Gasteiger partial charge in [0.1, 0.15) is 11.8 Å². The molecule has 0 spiro atoms. The van der Waals surface area contributed by atoms with Crippen LogP contribution in [-0.4, -0.2) is 36.9 Å². The minimum absolute atomic E-state index is 0.0622. The summed E-state index contributed by atoms with van der Waals surface area (Å²) in [7, 11) is 1.58. The molecule has 32 heavy (non-hydrogen) atoms. The van der Waals surface area contributed by atoms with E-state index in [1.165, 1.54) is 16.3 Å². The molecule has 0 aromatic heterocycles. The molecule has 1 N–H and O–H groups in total. The smallest absolute Gasteiger partial charge is 0.255 e. The number of hydrogen-bond acceptors (Lipinski definition) is 3. The lowest BCUT2D eigenvalue weighted by Crippen LogP contribution is -2.41. The fourth-order valence-electron chi connectivity index (χ4n) is 4.56. The molecule has 5 nitrogen and oxygen atoms in total. The first-order chi connectivity index (χ1) is 15.5. The van der Waals surface area contributed by atoms with Gasteiger partial charge in [0.05, 0.1) is 7.11 Å². The van der Waals surface area contributed by atoms with E-state index in [4.69, 9.17) is 4.74 Å². The lowest BCUT2D eigenvalue weighted by Gasteiger charge is -2.28. The van der Waals surface area contributed by atoms with E-state index in [1.807, 2.05) is 24.3 Å². The van der Waals surface area contributed by atoms with E-state index in [1.54, 1.807) is 18.1 Å². The van der Waals surface area contributed by atoms with Crippen molar-refractivity contribution in [2.45, 2.75) is 38.6 Å². The van der Waals surface area contributed by atoms with Gasteiger partial charge < -0.3 is 15.0 Å². The van der Waals surface area contributed by atoms with Gasteiger partial charge in [0.2, 0.25) is 5.91 Å². The van der Waals surface area contributed by atoms with Crippen molar-refractivity contribution in [3.8, 4) is 5.75 Å². The maximum atomic E-state index is 13.4. The molecule has 5 heteroatoms. The molecule has 2 amide bonds. The van der Waals surface area contributed by atoms with Crippen LogP contribution >= 0.6 is 0 Å². The second kappa shape index (κ2) is 9.43. The molecule has 1 aliphatic rings. The summed E-state index contributed by atoms with van der Waals surface area (Å²) >= 11 is 0. The number of rotatable bonds is 8. The molecule has 1 heterocycles. The molecule has 0 saturated heterocycles. The summed E-state index contributed by atoms with van der Waals surface area (Å²) in [5, 5.41) is 5.37. The van der Waals surface area contributed by atoms with Gasteiger partial charge in [0.15, 0.2) is 0 Å². The maximum Gasteiger partial charge on any atom is 0.255 e. The van der Waals surface area contributed by atoms with Gasteiger partial charge >= 0.3 is 0 Å². The number of unbranched alkanes of at least 4 members (excludes halogenated alkanes) is 1. The largest absolute Gasteiger partial charge is 0.497 e. The van der Waals surface area contributed by atoms with E-state index < -0.39 is 6.04 Å². The second-order valence-electron chi connectivity index (χ2n) is 8.43. The fourth-order valence-corrected chi connectivity index (χ4v) is 4.56. The predicted octanol–water partition coefficient (Wildman–Crippen LogP) is 5.07. The van der Waals surface area contributed by atoms with E-state index in [9.17, 15) is 9.59 Å². The van der Waals surface area contributed by atoms with Gasteiger partial charge in [-0.1, -0.05) is 68.8 Å². The monoisotopic (exact) mass is 430 g/mol. The van der Waals surface area contributed by atoms with Crippen molar-refractivity contribution in [2.24, 2.45) is 0 Å². The molecule has 0 fully saturated rings. The molecule has 2 atom stereocenters. The van der Waals surface area contributed by atoms with Gasteiger partial charge in [-0.2, -0.15) is 0 Å². The third-order valence-electron chi connectivity index (χ3n) is 6.26. The van der Waals surface area contributed by atoms with E-state index in [2.05, 4.69) is 49.5 Å². The van der Waals surface area contributed by atoms with Gasteiger partial charge in [-0.3, -0.25) is 9.59 Å². The number of amides is 2. The standard InChI is InChI=1S/C27H30N2O3/c1-4-5-15-28-26(30)25-23-14-13-20(32-3)16-24(23)27(31)29(25)17-18(2)21-12-8-10-19-9-6-7-11-22(19)21/h6-14,16,18,25H,4-5,15,17H2,1-3H3,(H,28,30). The maximum absolute atomic E-state index is 13.4.